The standard InChI is InChI=1S/C17H18N4O2/c22-8-7-18-16-6-5-13(11-20-16)21-17(23)9-12-10-19-15-4-2-1-3-14(12)15/h1-6,10-11,19,22H,7-9H2,(H,18,20)(H,21,23). The maximum absolute atomic E-state index is 12.2. The van der Waals surface area contributed by atoms with Gasteiger partial charge in [-0.1, -0.05) is 18.2 Å². The molecule has 4 N–H and O–H groups in total. The number of benzene rings is 1. The summed E-state index contributed by atoms with van der Waals surface area (Å²) >= 11 is 0. The van der Waals surface area contributed by atoms with Gasteiger partial charge in [0.1, 0.15) is 5.82 Å². The number of carbonyl (C=O) groups is 1. The van der Waals surface area contributed by atoms with Crippen LogP contribution in [0.25, 0.3) is 10.9 Å². The van der Waals surface area contributed by atoms with Gasteiger partial charge >= 0.3 is 0 Å². The van der Waals surface area contributed by atoms with Crippen LogP contribution in [-0.4, -0.2) is 34.1 Å². The molecular formula is C17H18N4O2. The molecule has 118 valence electrons. The number of anilines is 2. The Morgan fingerprint density at radius 1 is 1.22 bits per heavy atom. The van der Waals surface area contributed by atoms with Crippen molar-refractivity contribution in [2.24, 2.45) is 0 Å². The van der Waals surface area contributed by atoms with E-state index in [9.17, 15) is 4.79 Å². The first-order valence-corrected chi connectivity index (χ1v) is 7.42. The van der Waals surface area contributed by atoms with Gasteiger partial charge in [0, 0.05) is 23.6 Å². The number of nitrogens with zero attached hydrogens (tertiary/aromatic N) is 1. The van der Waals surface area contributed by atoms with E-state index in [1.165, 1.54) is 0 Å². The summed E-state index contributed by atoms with van der Waals surface area (Å²) in [5, 5.41) is 15.6. The molecule has 0 saturated carbocycles. The summed E-state index contributed by atoms with van der Waals surface area (Å²) in [5.41, 5.74) is 2.63. The third-order valence-corrected chi connectivity index (χ3v) is 3.49. The van der Waals surface area contributed by atoms with Crippen LogP contribution in [0.4, 0.5) is 11.5 Å². The lowest BCUT2D eigenvalue weighted by molar-refractivity contribution is -0.115. The number of fused-ring (bicyclic) bond motifs is 1. The molecule has 0 bridgehead atoms. The molecule has 0 aliphatic rings. The molecule has 1 amide bonds. The smallest absolute Gasteiger partial charge is 0.228 e. The number of aromatic amines is 1. The molecule has 6 nitrogen and oxygen atoms in total. The lowest BCUT2D eigenvalue weighted by Crippen LogP contribution is -2.14. The molecule has 2 aromatic heterocycles. The van der Waals surface area contributed by atoms with E-state index in [-0.39, 0.29) is 12.5 Å². The fraction of sp³-hybridized carbons (Fsp3) is 0.176. The van der Waals surface area contributed by atoms with E-state index in [1.807, 2.05) is 30.5 Å². The van der Waals surface area contributed by atoms with E-state index in [2.05, 4.69) is 20.6 Å². The first-order valence-electron chi connectivity index (χ1n) is 7.42. The highest BCUT2D eigenvalue weighted by molar-refractivity contribution is 5.95. The van der Waals surface area contributed by atoms with Crippen LogP contribution in [0.1, 0.15) is 5.56 Å². The third-order valence-electron chi connectivity index (χ3n) is 3.49. The summed E-state index contributed by atoms with van der Waals surface area (Å²) in [7, 11) is 0. The summed E-state index contributed by atoms with van der Waals surface area (Å²) < 4.78 is 0. The van der Waals surface area contributed by atoms with Crippen LogP contribution in [0.2, 0.25) is 0 Å². The van der Waals surface area contributed by atoms with E-state index in [0.717, 1.165) is 16.5 Å². The first kappa shape index (κ1) is 15.1. The van der Waals surface area contributed by atoms with Crippen LogP contribution in [-0.2, 0) is 11.2 Å². The SMILES string of the molecule is O=C(Cc1c[nH]c2ccccc12)Nc1ccc(NCCO)nc1. The number of hydrogen-bond acceptors (Lipinski definition) is 4. The molecule has 3 rings (SSSR count). The van der Waals surface area contributed by atoms with Crippen molar-refractivity contribution in [1.29, 1.82) is 0 Å². The second-order valence-corrected chi connectivity index (χ2v) is 5.17. The predicted molar refractivity (Wildman–Crippen MR) is 90.4 cm³/mol. The van der Waals surface area contributed by atoms with Crippen LogP contribution in [0, 0.1) is 0 Å². The maximum atomic E-state index is 12.2. The Morgan fingerprint density at radius 2 is 2.09 bits per heavy atom. The summed E-state index contributed by atoms with van der Waals surface area (Å²) in [6.07, 6.45) is 3.76. The minimum Gasteiger partial charge on any atom is -0.395 e. The molecule has 0 radical (unpaired) electrons. The molecule has 1 aromatic carbocycles. The Bertz CT molecular complexity index is 796. The zero-order valence-corrected chi connectivity index (χ0v) is 12.5. The number of aromatic nitrogens is 2. The molecule has 0 aliphatic heterocycles. The van der Waals surface area contributed by atoms with E-state index in [1.54, 1.807) is 18.3 Å². The molecule has 6 heteroatoms. The van der Waals surface area contributed by atoms with Gasteiger partial charge in [-0.2, -0.15) is 0 Å². The first-order chi connectivity index (χ1) is 11.3. The molecule has 2 heterocycles. The number of para-hydroxylation sites is 1. The van der Waals surface area contributed by atoms with Gasteiger partial charge in [-0.05, 0) is 23.8 Å². The van der Waals surface area contributed by atoms with Gasteiger partial charge in [-0.3, -0.25) is 4.79 Å². The number of H-pyrrole nitrogens is 1. The highest BCUT2D eigenvalue weighted by atomic mass is 16.3. The highest BCUT2D eigenvalue weighted by Gasteiger charge is 2.09. The fourth-order valence-corrected chi connectivity index (χ4v) is 2.41. The third kappa shape index (κ3) is 3.67. The van der Waals surface area contributed by atoms with Crippen molar-refractivity contribution in [3.05, 3.63) is 54.4 Å². The van der Waals surface area contributed by atoms with Crippen molar-refractivity contribution < 1.29 is 9.90 Å². The van der Waals surface area contributed by atoms with Gasteiger partial charge in [-0.15, -0.1) is 0 Å². The van der Waals surface area contributed by atoms with Crippen LogP contribution in [0.3, 0.4) is 0 Å². The van der Waals surface area contributed by atoms with Gasteiger partial charge < -0.3 is 20.7 Å². The highest BCUT2D eigenvalue weighted by Crippen LogP contribution is 2.18. The monoisotopic (exact) mass is 310 g/mol. The largest absolute Gasteiger partial charge is 0.395 e. The number of pyridine rings is 1. The lowest BCUT2D eigenvalue weighted by Gasteiger charge is -2.07. The lowest BCUT2D eigenvalue weighted by atomic mass is 10.1. The van der Waals surface area contributed by atoms with Crippen LogP contribution in [0.5, 0.6) is 0 Å². The topological polar surface area (TPSA) is 90.0 Å². The van der Waals surface area contributed by atoms with E-state index < -0.39 is 0 Å². The van der Waals surface area contributed by atoms with Gasteiger partial charge in [0.15, 0.2) is 0 Å². The van der Waals surface area contributed by atoms with E-state index in [4.69, 9.17) is 5.11 Å². The second-order valence-electron chi connectivity index (χ2n) is 5.17. The minimum absolute atomic E-state index is 0.0464. The zero-order valence-electron chi connectivity index (χ0n) is 12.5. The number of amides is 1. The normalized spacial score (nSPS) is 10.7. The minimum atomic E-state index is -0.0902. The molecule has 0 saturated heterocycles. The van der Waals surface area contributed by atoms with Crippen molar-refractivity contribution in [1.82, 2.24) is 9.97 Å². The van der Waals surface area contributed by atoms with Crippen molar-refractivity contribution in [2.45, 2.75) is 6.42 Å². The molecule has 0 spiro atoms. The predicted octanol–water partition coefficient (Wildman–Crippen LogP) is 2.15. The average molecular weight is 310 g/mol. The van der Waals surface area contributed by atoms with Crippen molar-refractivity contribution >= 4 is 28.3 Å². The van der Waals surface area contributed by atoms with Gasteiger partial charge in [0.05, 0.1) is 24.9 Å². The number of nitrogens with one attached hydrogen (secondary N) is 3. The number of aliphatic hydroxyl groups is 1. The Kier molecular flexibility index (Phi) is 4.54. The van der Waals surface area contributed by atoms with E-state index in [0.29, 0.717) is 24.5 Å². The average Bonchev–Trinajstić information content (AvgIpc) is 2.97. The maximum Gasteiger partial charge on any atom is 0.228 e. The zero-order chi connectivity index (χ0) is 16.1. The fourth-order valence-electron chi connectivity index (χ4n) is 2.41. The summed E-state index contributed by atoms with van der Waals surface area (Å²) in [6.45, 7) is 0.490. The summed E-state index contributed by atoms with van der Waals surface area (Å²) in [5.74, 6) is 0.571. The molecule has 0 aliphatic carbocycles. The van der Waals surface area contributed by atoms with Crippen molar-refractivity contribution in [3.8, 4) is 0 Å². The summed E-state index contributed by atoms with van der Waals surface area (Å²) in [6, 6.07) is 11.4. The number of carbonyl (C=O) groups excluding carboxylic acids is 1. The number of rotatable bonds is 6. The Balaban J connectivity index is 1.63. The van der Waals surface area contributed by atoms with Gasteiger partial charge in [0.25, 0.3) is 0 Å². The number of aliphatic hydroxyl groups excluding tert-OH is 1. The van der Waals surface area contributed by atoms with Crippen LogP contribution >= 0.6 is 0 Å². The Hall–Kier alpha value is -2.86. The summed E-state index contributed by atoms with van der Waals surface area (Å²) in [4.78, 5) is 19.5. The van der Waals surface area contributed by atoms with Gasteiger partial charge in [0.2, 0.25) is 5.91 Å². The molecule has 0 atom stereocenters. The Labute approximate surface area is 133 Å². The number of hydrogen-bond donors (Lipinski definition) is 4. The Morgan fingerprint density at radius 3 is 2.87 bits per heavy atom. The quantitative estimate of drug-likeness (QED) is 0.561. The van der Waals surface area contributed by atoms with Crippen molar-refractivity contribution in [3.63, 3.8) is 0 Å². The molecular weight excluding hydrogens is 292 g/mol. The van der Waals surface area contributed by atoms with Crippen molar-refractivity contribution in [2.75, 3.05) is 23.8 Å². The molecule has 23 heavy (non-hydrogen) atoms. The molecule has 0 unspecified atom stereocenters. The second kappa shape index (κ2) is 6.93. The molecule has 3 aromatic rings. The molecule has 0 fully saturated rings. The van der Waals surface area contributed by atoms with Crippen LogP contribution in [0.15, 0.2) is 48.8 Å². The van der Waals surface area contributed by atoms with E-state index >= 15 is 0 Å². The van der Waals surface area contributed by atoms with Gasteiger partial charge in [-0.25, -0.2) is 4.98 Å². The van der Waals surface area contributed by atoms with Crippen LogP contribution < -0.4 is 10.6 Å².